The molecule has 2 aromatic carbocycles. The SMILES string of the molecule is CCn1c(=O)c2ccccc2n(CC(=O)Nc2ccc(C(N)=O)cc2)c1=O. The fourth-order valence-corrected chi connectivity index (χ4v) is 2.86. The van der Waals surface area contributed by atoms with Gasteiger partial charge >= 0.3 is 5.69 Å². The first-order valence-corrected chi connectivity index (χ1v) is 8.34. The van der Waals surface area contributed by atoms with Gasteiger partial charge in [-0.25, -0.2) is 4.79 Å². The van der Waals surface area contributed by atoms with E-state index in [4.69, 9.17) is 5.73 Å². The van der Waals surface area contributed by atoms with Crippen LogP contribution >= 0.6 is 0 Å². The molecule has 2 amide bonds. The first-order valence-electron chi connectivity index (χ1n) is 8.34. The van der Waals surface area contributed by atoms with Crippen molar-refractivity contribution in [1.82, 2.24) is 9.13 Å². The van der Waals surface area contributed by atoms with Crippen LogP contribution in [0.15, 0.2) is 58.1 Å². The van der Waals surface area contributed by atoms with Crippen molar-refractivity contribution in [2.24, 2.45) is 5.73 Å². The topological polar surface area (TPSA) is 116 Å². The molecular weight excluding hydrogens is 348 g/mol. The van der Waals surface area contributed by atoms with Gasteiger partial charge in [0.05, 0.1) is 10.9 Å². The molecule has 0 atom stereocenters. The third-order valence-corrected chi connectivity index (χ3v) is 4.20. The Morgan fingerprint density at radius 1 is 1.00 bits per heavy atom. The third kappa shape index (κ3) is 3.50. The molecule has 1 aromatic heterocycles. The molecule has 0 aliphatic carbocycles. The lowest BCUT2D eigenvalue weighted by atomic mass is 10.2. The van der Waals surface area contributed by atoms with E-state index in [1.54, 1.807) is 43.3 Å². The largest absolute Gasteiger partial charge is 0.366 e. The van der Waals surface area contributed by atoms with Crippen molar-refractivity contribution in [2.75, 3.05) is 5.32 Å². The van der Waals surface area contributed by atoms with Gasteiger partial charge in [0.2, 0.25) is 11.8 Å². The van der Waals surface area contributed by atoms with Gasteiger partial charge < -0.3 is 11.1 Å². The van der Waals surface area contributed by atoms with Crippen LogP contribution in [0.5, 0.6) is 0 Å². The van der Waals surface area contributed by atoms with E-state index in [1.165, 1.54) is 16.7 Å². The molecule has 1 heterocycles. The molecule has 0 unspecified atom stereocenters. The Labute approximate surface area is 153 Å². The maximum atomic E-state index is 12.6. The van der Waals surface area contributed by atoms with E-state index in [9.17, 15) is 19.2 Å². The van der Waals surface area contributed by atoms with Gasteiger partial charge in [0, 0.05) is 17.8 Å². The molecule has 0 bridgehead atoms. The third-order valence-electron chi connectivity index (χ3n) is 4.20. The van der Waals surface area contributed by atoms with Crippen LogP contribution in [0, 0.1) is 0 Å². The second kappa shape index (κ2) is 7.28. The molecule has 3 N–H and O–H groups in total. The highest BCUT2D eigenvalue weighted by Crippen LogP contribution is 2.11. The highest BCUT2D eigenvalue weighted by molar-refractivity contribution is 5.95. The standard InChI is InChI=1S/C19H18N4O4/c1-2-22-18(26)14-5-3-4-6-15(14)23(19(22)27)11-16(24)21-13-9-7-12(8-10-13)17(20)25/h3-10H,2,11H2,1H3,(H2,20,25)(H,21,24). The van der Waals surface area contributed by atoms with Crippen molar-refractivity contribution in [3.63, 3.8) is 0 Å². The van der Waals surface area contributed by atoms with E-state index in [1.807, 2.05) is 0 Å². The fourth-order valence-electron chi connectivity index (χ4n) is 2.86. The number of rotatable bonds is 5. The number of anilines is 1. The Bertz CT molecular complexity index is 1140. The lowest BCUT2D eigenvalue weighted by Gasteiger charge is -2.13. The number of carbonyl (C=O) groups is 2. The number of hydrogen-bond acceptors (Lipinski definition) is 4. The van der Waals surface area contributed by atoms with E-state index in [2.05, 4.69) is 5.32 Å². The highest BCUT2D eigenvalue weighted by atomic mass is 16.2. The maximum Gasteiger partial charge on any atom is 0.331 e. The molecule has 0 spiro atoms. The molecule has 3 rings (SSSR count). The number of para-hydroxylation sites is 1. The molecule has 0 fully saturated rings. The number of nitrogens with zero attached hydrogens (tertiary/aromatic N) is 2. The molecule has 8 heteroatoms. The summed E-state index contributed by atoms with van der Waals surface area (Å²) in [7, 11) is 0. The number of carbonyl (C=O) groups excluding carboxylic acids is 2. The fraction of sp³-hybridized carbons (Fsp3) is 0.158. The minimum absolute atomic E-state index is 0.207. The number of primary amides is 1. The Morgan fingerprint density at radius 3 is 2.30 bits per heavy atom. The van der Waals surface area contributed by atoms with Crippen molar-refractivity contribution in [2.45, 2.75) is 20.0 Å². The van der Waals surface area contributed by atoms with Crippen LogP contribution in [-0.2, 0) is 17.9 Å². The molecule has 0 saturated carbocycles. The zero-order chi connectivity index (χ0) is 19.6. The molecule has 138 valence electrons. The maximum absolute atomic E-state index is 12.6. The van der Waals surface area contributed by atoms with Gasteiger partial charge in [-0.1, -0.05) is 12.1 Å². The normalized spacial score (nSPS) is 10.7. The van der Waals surface area contributed by atoms with Crippen molar-refractivity contribution >= 4 is 28.4 Å². The lowest BCUT2D eigenvalue weighted by Crippen LogP contribution is -2.41. The zero-order valence-corrected chi connectivity index (χ0v) is 14.6. The van der Waals surface area contributed by atoms with Crippen LogP contribution in [0.1, 0.15) is 17.3 Å². The number of amides is 2. The van der Waals surface area contributed by atoms with Gasteiger partial charge in [-0.15, -0.1) is 0 Å². The second-order valence-electron chi connectivity index (χ2n) is 5.93. The van der Waals surface area contributed by atoms with E-state index >= 15 is 0 Å². The van der Waals surface area contributed by atoms with Gasteiger partial charge in [0.15, 0.2) is 0 Å². The average Bonchev–Trinajstić information content (AvgIpc) is 2.66. The average molecular weight is 366 g/mol. The van der Waals surface area contributed by atoms with Crippen LogP contribution in [0.25, 0.3) is 10.9 Å². The number of hydrogen-bond donors (Lipinski definition) is 2. The molecule has 0 aliphatic rings. The summed E-state index contributed by atoms with van der Waals surface area (Å²) in [6, 6.07) is 12.8. The molecule has 0 saturated heterocycles. The minimum atomic E-state index is -0.562. The number of benzene rings is 2. The summed E-state index contributed by atoms with van der Waals surface area (Å²) in [6.07, 6.45) is 0. The summed E-state index contributed by atoms with van der Waals surface area (Å²) < 4.78 is 2.37. The summed E-state index contributed by atoms with van der Waals surface area (Å²) in [5.41, 5.74) is 5.45. The summed E-state index contributed by atoms with van der Waals surface area (Å²) in [6.45, 7) is 1.65. The van der Waals surface area contributed by atoms with E-state index in [0.29, 0.717) is 22.2 Å². The van der Waals surface area contributed by atoms with E-state index in [0.717, 1.165) is 4.57 Å². The van der Waals surface area contributed by atoms with Crippen LogP contribution in [0.4, 0.5) is 5.69 Å². The van der Waals surface area contributed by atoms with Crippen LogP contribution in [-0.4, -0.2) is 20.9 Å². The predicted molar refractivity (Wildman–Crippen MR) is 102 cm³/mol. The Kier molecular flexibility index (Phi) is 4.89. The highest BCUT2D eigenvalue weighted by Gasteiger charge is 2.14. The predicted octanol–water partition coefficient (Wildman–Crippen LogP) is 0.921. The number of fused-ring (bicyclic) bond motifs is 1. The second-order valence-corrected chi connectivity index (χ2v) is 5.93. The van der Waals surface area contributed by atoms with Crippen molar-refractivity contribution in [1.29, 1.82) is 0 Å². The van der Waals surface area contributed by atoms with Crippen molar-refractivity contribution in [3.05, 3.63) is 74.9 Å². The Hall–Kier alpha value is -3.68. The zero-order valence-electron chi connectivity index (χ0n) is 14.6. The van der Waals surface area contributed by atoms with Crippen molar-refractivity contribution in [3.8, 4) is 0 Å². The monoisotopic (exact) mass is 366 g/mol. The summed E-state index contributed by atoms with van der Waals surface area (Å²) in [5, 5.41) is 3.04. The van der Waals surface area contributed by atoms with Gasteiger partial charge in [0.25, 0.3) is 5.56 Å². The molecule has 8 nitrogen and oxygen atoms in total. The Morgan fingerprint density at radius 2 is 1.67 bits per heavy atom. The molecule has 3 aromatic rings. The summed E-state index contributed by atoms with van der Waals surface area (Å²) >= 11 is 0. The molecule has 27 heavy (non-hydrogen) atoms. The van der Waals surface area contributed by atoms with Crippen LogP contribution in [0.2, 0.25) is 0 Å². The van der Waals surface area contributed by atoms with E-state index < -0.39 is 17.5 Å². The Balaban J connectivity index is 1.94. The van der Waals surface area contributed by atoms with E-state index in [-0.39, 0.29) is 18.6 Å². The molecular formula is C19H18N4O4. The van der Waals surface area contributed by atoms with Gasteiger partial charge in [-0.2, -0.15) is 0 Å². The van der Waals surface area contributed by atoms with Crippen LogP contribution < -0.4 is 22.3 Å². The molecule has 0 radical (unpaired) electrons. The first kappa shape index (κ1) is 18.1. The van der Waals surface area contributed by atoms with Crippen molar-refractivity contribution < 1.29 is 9.59 Å². The van der Waals surface area contributed by atoms with Gasteiger partial charge in [-0.05, 0) is 43.3 Å². The lowest BCUT2D eigenvalue weighted by molar-refractivity contribution is -0.116. The smallest absolute Gasteiger partial charge is 0.331 e. The summed E-state index contributed by atoms with van der Waals surface area (Å²) in [4.78, 5) is 48.6. The quantitative estimate of drug-likeness (QED) is 0.698. The molecule has 0 aliphatic heterocycles. The number of nitrogens with two attached hydrogens (primary N) is 1. The summed E-state index contributed by atoms with van der Waals surface area (Å²) in [5.74, 6) is -0.997. The van der Waals surface area contributed by atoms with Crippen LogP contribution in [0.3, 0.4) is 0 Å². The van der Waals surface area contributed by atoms with Gasteiger partial charge in [0.1, 0.15) is 6.54 Å². The number of aromatic nitrogens is 2. The van der Waals surface area contributed by atoms with Gasteiger partial charge in [-0.3, -0.25) is 23.5 Å². The number of nitrogens with one attached hydrogen (secondary N) is 1. The first-order chi connectivity index (χ1) is 12.9. The minimum Gasteiger partial charge on any atom is -0.366 e.